The van der Waals surface area contributed by atoms with Crippen LogP contribution in [-0.2, 0) is 4.79 Å². The van der Waals surface area contributed by atoms with Gasteiger partial charge in [-0.1, -0.05) is 19.3 Å². The molecular weight excluding hydrogens is 356 g/mol. The van der Waals surface area contributed by atoms with Crippen molar-refractivity contribution >= 4 is 17.7 Å². The Morgan fingerprint density at radius 2 is 2.07 bits per heavy atom. The molecule has 2 saturated carbocycles. The Bertz CT molecular complexity index is 726. The van der Waals surface area contributed by atoms with Crippen molar-refractivity contribution in [1.29, 1.82) is 5.26 Å². The third kappa shape index (κ3) is 4.53. The van der Waals surface area contributed by atoms with Gasteiger partial charge in [0, 0.05) is 26.3 Å². The number of carbonyl (C=O) groups excluding carboxylic acids is 1. The third-order valence-corrected chi connectivity index (χ3v) is 5.86. The lowest BCUT2D eigenvalue weighted by molar-refractivity contribution is -0.134. The number of hydrogen-bond donors (Lipinski definition) is 3. The molecule has 28 heavy (non-hydrogen) atoms. The Kier molecular flexibility index (Phi) is 6.35. The Labute approximate surface area is 166 Å². The topological polar surface area (TPSA) is 114 Å². The number of nitriles is 1. The second-order valence-corrected chi connectivity index (χ2v) is 8.19. The van der Waals surface area contributed by atoms with Crippen molar-refractivity contribution in [1.82, 2.24) is 14.9 Å². The summed E-state index contributed by atoms with van der Waals surface area (Å²) in [4.78, 5) is 23.4. The molecule has 0 aliphatic heterocycles. The number of anilines is 2. The fraction of sp³-hybridized carbons (Fsp3) is 0.700. The van der Waals surface area contributed by atoms with Crippen LogP contribution in [0.5, 0.6) is 0 Å². The molecule has 1 aromatic rings. The lowest BCUT2D eigenvalue weighted by Gasteiger charge is -2.38. The molecule has 1 heterocycles. The van der Waals surface area contributed by atoms with Gasteiger partial charge in [0.05, 0.1) is 18.1 Å². The molecule has 3 rings (SSSR count). The monoisotopic (exact) mass is 386 g/mol. The Balaban J connectivity index is 1.70. The molecule has 2 aliphatic carbocycles. The number of likely N-dealkylation sites (N-methyl/N-ethyl adjacent to an activating group) is 1. The predicted octanol–water partition coefficient (Wildman–Crippen LogP) is 2.14. The van der Waals surface area contributed by atoms with Gasteiger partial charge >= 0.3 is 0 Å². The number of aliphatic hydroxyl groups excluding tert-OH is 1. The summed E-state index contributed by atoms with van der Waals surface area (Å²) in [5, 5.41) is 25.8. The summed E-state index contributed by atoms with van der Waals surface area (Å²) in [6.45, 7) is 0. The van der Waals surface area contributed by atoms with Crippen molar-refractivity contribution in [3.05, 3.63) is 12.3 Å². The molecule has 0 unspecified atom stereocenters. The third-order valence-electron chi connectivity index (χ3n) is 5.86. The first kappa shape index (κ1) is 20.3. The minimum absolute atomic E-state index is 0.0621. The van der Waals surface area contributed by atoms with Crippen molar-refractivity contribution < 1.29 is 9.90 Å². The highest BCUT2D eigenvalue weighted by Gasteiger charge is 2.41. The maximum Gasteiger partial charge on any atom is 0.247 e. The normalized spacial score (nSPS) is 26.7. The Morgan fingerprint density at radius 1 is 1.32 bits per heavy atom. The largest absolute Gasteiger partial charge is 0.392 e. The van der Waals surface area contributed by atoms with Crippen LogP contribution in [0.15, 0.2) is 12.3 Å². The summed E-state index contributed by atoms with van der Waals surface area (Å²) in [5.41, 5.74) is -0.651. The highest BCUT2D eigenvalue weighted by Crippen LogP contribution is 2.33. The minimum Gasteiger partial charge on any atom is -0.392 e. The van der Waals surface area contributed by atoms with Crippen molar-refractivity contribution in [2.45, 2.75) is 69.1 Å². The Hall–Kier alpha value is -2.40. The van der Waals surface area contributed by atoms with Gasteiger partial charge in [0.15, 0.2) is 0 Å². The fourth-order valence-corrected chi connectivity index (χ4v) is 4.33. The van der Waals surface area contributed by atoms with Gasteiger partial charge < -0.3 is 20.6 Å². The van der Waals surface area contributed by atoms with Crippen LogP contribution in [0, 0.1) is 17.2 Å². The first-order chi connectivity index (χ1) is 13.4. The van der Waals surface area contributed by atoms with Crippen molar-refractivity contribution in [3.8, 4) is 6.07 Å². The SMILES string of the molecule is CN(C)C(=O)C1(Nc2nccc(N[C@@H]3CC[C@H](C#N)[C@H](O)C3)n2)CCCCC1. The highest BCUT2D eigenvalue weighted by molar-refractivity contribution is 5.88. The summed E-state index contributed by atoms with van der Waals surface area (Å²) in [5.74, 6) is 0.873. The second kappa shape index (κ2) is 8.74. The molecule has 0 bridgehead atoms. The van der Waals surface area contributed by atoms with E-state index >= 15 is 0 Å². The molecule has 1 aromatic heterocycles. The quantitative estimate of drug-likeness (QED) is 0.710. The number of nitrogens with zero attached hydrogens (tertiary/aromatic N) is 4. The van der Waals surface area contributed by atoms with Gasteiger partial charge in [-0.3, -0.25) is 4.79 Å². The lowest BCUT2D eigenvalue weighted by atomic mass is 9.80. The van der Waals surface area contributed by atoms with Crippen molar-refractivity contribution in [2.75, 3.05) is 24.7 Å². The van der Waals surface area contributed by atoms with Gasteiger partial charge in [-0.15, -0.1) is 0 Å². The van der Waals surface area contributed by atoms with Crippen LogP contribution >= 0.6 is 0 Å². The van der Waals surface area contributed by atoms with Crippen LogP contribution in [0.25, 0.3) is 0 Å². The number of aliphatic hydroxyl groups is 1. The Morgan fingerprint density at radius 3 is 2.71 bits per heavy atom. The highest BCUT2D eigenvalue weighted by atomic mass is 16.3. The molecule has 8 heteroatoms. The molecule has 0 saturated heterocycles. The van der Waals surface area contributed by atoms with E-state index in [-0.39, 0.29) is 17.9 Å². The number of aromatic nitrogens is 2. The number of amides is 1. The molecule has 0 aromatic carbocycles. The zero-order chi connectivity index (χ0) is 20.1. The van der Waals surface area contributed by atoms with E-state index in [1.165, 1.54) is 0 Å². The van der Waals surface area contributed by atoms with Crippen molar-refractivity contribution in [2.24, 2.45) is 5.92 Å². The van der Waals surface area contributed by atoms with Crippen molar-refractivity contribution in [3.63, 3.8) is 0 Å². The maximum atomic E-state index is 12.9. The average molecular weight is 387 g/mol. The number of nitrogens with one attached hydrogen (secondary N) is 2. The predicted molar refractivity (Wildman–Crippen MR) is 107 cm³/mol. The first-order valence-electron chi connectivity index (χ1n) is 10.1. The molecule has 3 N–H and O–H groups in total. The first-order valence-corrected chi connectivity index (χ1v) is 10.1. The average Bonchev–Trinajstić information content (AvgIpc) is 2.68. The summed E-state index contributed by atoms with van der Waals surface area (Å²) < 4.78 is 0. The van der Waals surface area contributed by atoms with E-state index in [4.69, 9.17) is 5.26 Å². The zero-order valence-electron chi connectivity index (χ0n) is 16.7. The van der Waals surface area contributed by atoms with E-state index in [0.717, 1.165) is 38.5 Å². The van der Waals surface area contributed by atoms with E-state index in [9.17, 15) is 9.90 Å². The smallest absolute Gasteiger partial charge is 0.247 e. The van der Waals surface area contributed by atoms with E-state index in [1.54, 1.807) is 31.3 Å². The molecule has 2 fully saturated rings. The van der Waals surface area contributed by atoms with Gasteiger partial charge in [0.25, 0.3) is 0 Å². The fourth-order valence-electron chi connectivity index (χ4n) is 4.33. The van der Waals surface area contributed by atoms with Crippen LogP contribution in [0.1, 0.15) is 51.4 Å². The number of carbonyl (C=O) groups is 1. The van der Waals surface area contributed by atoms with Gasteiger partial charge in [-0.05, 0) is 38.2 Å². The van der Waals surface area contributed by atoms with Gasteiger partial charge in [-0.2, -0.15) is 10.2 Å². The molecule has 3 atom stereocenters. The van der Waals surface area contributed by atoms with E-state index in [0.29, 0.717) is 24.6 Å². The molecule has 2 aliphatic rings. The molecule has 8 nitrogen and oxygen atoms in total. The summed E-state index contributed by atoms with van der Waals surface area (Å²) in [6.07, 6.45) is 7.76. The van der Waals surface area contributed by atoms with Crippen LogP contribution < -0.4 is 10.6 Å². The zero-order valence-corrected chi connectivity index (χ0v) is 16.7. The molecule has 1 amide bonds. The van der Waals surface area contributed by atoms with E-state index in [2.05, 4.69) is 26.7 Å². The number of hydrogen-bond acceptors (Lipinski definition) is 7. The standard InChI is InChI=1S/C20H30N6O2/c1-26(2)18(28)20(9-4-3-5-10-20)25-19-22-11-8-17(24-19)23-15-7-6-14(13-21)16(27)12-15/h8,11,14-16,27H,3-7,9-10,12H2,1-2H3,(H2,22,23,24,25)/t14-,15-,16-/m1/s1. The van der Waals surface area contributed by atoms with Crippen LogP contribution in [0.4, 0.5) is 11.8 Å². The van der Waals surface area contributed by atoms with Crippen LogP contribution in [0.3, 0.4) is 0 Å². The van der Waals surface area contributed by atoms with Crippen LogP contribution in [-0.4, -0.2) is 57.7 Å². The summed E-state index contributed by atoms with van der Waals surface area (Å²) >= 11 is 0. The van der Waals surface area contributed by atoms with Gasteiger partial charge in [0.1, 0.15) is 11.4 Å². The number of rotatable bonds is 5. The van der Waals surface area contributed by atoms with E-state index in [1.807, 2.05) is 0 Å². The molecular formula is C20H30N6O2. The van der Waals surface area contributed by atoms with E-state index < -0.39 is 11.6 Å². The molecule has 0 radical (unpaired) electrons. The van der Waals surface area contributed by atoms with Crippen LogP contribution in [0.2, 0.25) is 0 Å². The molecule has 152 valence electrons. The van der Waals surface area contributed by atoms with Gasteiger partial charge in [-0.25, -0.2) is 4.98 Å². The maximum absolute atomic E-state index is 12.9. The van der Waals surface area contributed by atoms with Gasteiger partial charge in [0.2, 0.25) is 11.9 Å². The minimum atomic E-state index is -0.651. The second-order valence-electron chi connectivity index (χ2n) is 8.19. The lowest BCUT2D eigenvalue weighted by Crippen LogP contribution is -2.53. The molecule has 0 spiro atoms. The summed E-state index contributed by atoms with van der Waals surface area (Å²) in [7, 11) is 3.56. The summed E-state index contributed by atoms with van der Waals surface area (Å²) in [6, 6.07) is 4.02.